The van der Waals surface area contributed by atoms with Gasteiger partial charge in [-0.15, -0.1) is 11.8 Å². The van der Waals surface area contributed by atoms with Crippen molar-refractivity contribution in [2.45, 2.75) is 29.8 Å². The fourth-order valence-electron chi connectivity index (χ4n) is 2.79. The van der Waals surface area contributed by atoms with Crippen LogP contribution < -0.4 is 0 Å². The highest BCUT2D eigenvalue weighted by atomic mass is 32.2. The summed E-state index contributed by atoms with van der Waals surface area (Å²) in [6, 6.07) is 7.37. The van der Waals surface area contributed by atoms with Crippen molar-refractivity contribution in [2.24, 2.45) is 5.11 Å². The zero-order chi connectivity index (χ0) is 18.5. The van der Waals surface area contributed by atoms with E-state index in [9.17, 15) is 9.59 Å². The second kappa shape index (κ2) is 8.03. The van der Waals surface area contributed by atoms with Gasteiger partial charge in [-0.25, -0.2) is 9.59 Å². The normalized spacial score (nSPS) is 29.0. The molecule has 0 aromatic heterocycles. The van der Waals surface area contributed by atoms with Gasteiger partial charge in [0.05, 0.1) is 5.56 Å². The summed E-state index contributed by atoms with van der Waals surface area (Å²) in [6.07, 6.45) is -1.83. The van der Waals surface area contributed by atoms with Crippen LogP contribution in [0.3, 0.4) is 0 Å². The minimum absolute atomic E-state index is 0.334. The van der Waals surface area contributed by atoms with Crippen molar-refractivity contribution in [3.63, 3.8) is 0 Å². The molecule has 2 heterocycles. The van der Waals surface area contributed by atoms with E-state index in [1.807, 2.05) is 0 Å². The second-order valence-electron chi connectivity index (χ2n) is 5.45. The van der Waals surface area contributed by atoms with Gasteiger partial charge in [0.1, 0.15) is 29.8 Å². The first-order valence-electron chi connectivity index (χ1n) is 7.59. The van der Waals surface area contributed by atoms with Gasteiger partial charge in [0.15, 0.2) is 0 Å². The quantitative estimate of drug-likeness (QED) is 0.251. The largest absolute Gasteiger partial charge is 0.455 e. The number of ether oxygens (including phenoxy) is 3. The summed E-state index contributed by atoms with van der Waals surface area (Å²) in [5, 5.41) is 3.67. The molecule has 134 valence electrons. The van der Waals surface area contributed by atoms with Crippen molar-refractivity contribution in [3.8, 4) is 0 Å². The molecule has 0 spiro atoms. The molecule has 2 aliphatic rings. The highest BCUT2D eigenvalue weighted by Gasteiger charge is 2.53. The third-order valence-corrected chi connectivity index (χ3v) is 5.12. The number of benzene rings is 1. The topological polar surface area (TPSA) is 147 Å². The highest BCUT2D eigenvalue weighted by molar-refractivity contribution is 8.00. The molecule has 0 saturated carbocycles. The van der Waals surface area contributed by atoms with Crippen molar-refractivity contribution < 1.29 is 28.6 Å². The number of hydrogen-bond acceptors (Lipinski definition) is 7. The van der Waals surface area contributed by atoms with Gasteiger partial charge in [0.2, 0.25) is 0 Å². The van der Waals surface area contributed by atoms with Crippen LogP contribution in [0.1, 0.15) is 10.4 Å². The van der Waals surface area contributed by atoms with Gasteiger partial charge in [-0.2, -0.15) is 4.79 Å². The lowest BCUT2D eigenvalue weighted by Gasteiger charge is -2.38. The molecule has 2 saturated heterocycles. The van der Waals surface area contributed by atoms with Crippen LogP contribution in [0.5, 0.6) is 0 Å². The van der Waals surface area contributed by atoms with Crippen molar-refractivity contribution in [1.29, 1.82) is 0 Å². The molecule has 0 radical (unpaired) electrons. The number of nitrogens with zero attached hydrogens (tertiary/aromatic N) is 5. The zero-order valence-corrected chi connectivity index (χ0v) is 14.1. The Morgan fingerprint density at radius 3 is 2.69 bits per heavy atom. The van der Waals surface area contributed by atoms with Gasteiger partial charge in [0.25, 0.3) is 0 Å². The lowest BCUT2D eigenvalue weighted by atomic mass is 9.98. The Balaban J connectivity index is 1.84. The van der Waals surface area contributed by atoms with E-state index in [1.165, 1.54) is 11.8 Å². The summed E-state index contributed by atoms with van der Waals surface area (Å²) in [7, 11) is 0. The molecule has 11 heteroatoms. The van der Waals surface area contributed by atoms with Gasteiger partial charge in [-0.05, 0) is 17.7 Å². The summed E-state index contributed by atoms with van der Waals surface area (Å²) in [5.74, 6) is -1.05. The average molecular weight is 375 g/mol. The van der Waals surface area contributed by atoms with E-state index in [1.54, 1.807) is 30.3 Å². The number of rotatable bonds is 5. The number of thioether (sulfide) groups is 1. The Morgan fingerprint density at radius 1 is 1.23 bits per heavy atom. The zero-order valence-electron chi connectivity index (χ0n) is 13.2. The summed E-state index contributed by atoms with van der Waals surface area (Å²) in [5.41, 5.74) is 17.1. The number of fused-ring (bicyclic) bond motifs is 2. The SMILES string of the molecule is [N-]=[N+]=CC(=O)O[C@H]1[C@H](N=[N+]=[N-])[C@H](OC(=O)c2ccccc2)[C@H]2CS[C@@H]1O2. The van der Waals surface area contributed by atoms with Gasteiger partial charge in [-0.3, -0.25) is 0 Å². The van der Waals surface area contributed by atoms with Crippen molar-refractivity contribution in [2.75, 3.05) is 5.75 Å². The van der Waals surface area contributed by atoms with Crippen LogP contribution in [0.2, 0.25) is 0 Å². The minimum Gasteiger partial charge on any atom is -0.455 e. The first-order chi connectivity index (χ1) is 12.6. The molecule has 2 bridgehead atoms. The number of carbonyl (C=O) groups excluding carboxylic acids is 2. The number of hydrogen-bond donors (Lipinski definition) is 0. The molecule has 10 nitrogen and oxygen atoms in total. The molecule has 0 N–H and O–H groups in total. The predicted octanol–water partition coefficient (Wildman–Crippen LogP) is 1.57. The van der Waals surface area contributed by atoms with Crippen LogP contribution in [0.4, 0.5) is 0 Å². The minimum atomic E-state index is -0.992. The highest BCUT2D eigenvalue weighted by Crippen LogP contribution is 2.41. The van der Waals surface area contributed by atoms with Crippen LogP contribution in [-0.4, -0.2) is 58.5 Å². The predicted molar refractivity (Wildman–Crippen MR) is 89.3 cm³/mol. The Labute approximate surface area is 151 Å². The first kappa shape index (κ1) is 18.0. The van der Waals surface area contributed by atoms with Crippen molar-refractivity contribution in [3.05, 3.63) is 51.9 Å². The standard InChI is InChI=1S/C15H13N5O5S/c16-18-6-10(21)24-13-11(19-20-17)12(9-7-26-15(13)23-9)25-14(22)8-4-2-1-3-5-8/h1-6,9,11-13,15H,7H2/t9-,11-,12-,13+,15+/m1/s1. The van der Waals surface area contributed by atoms with E-state index >= 15 is 0 Å². The Kier molecular flexibility index (Phi) is 5.55. The number of azide groups is 1. The van der Waals surface area contributed by atoms with E-state index in [4.69, 9.17) is 25.3 Å². The molecule has 0 amide bonds. The van der Waals surface area contributed by atoms with E-state index in [2.05, 4.69) is 14.8 Å². The molecule has 26 heavy (non-hydrogen) atoms. The second-order valence-corrected chi connectivity index (χ2v) is 6.59. The van der Waals surface area contributed by atoms with Crippen LogP contribution in [0.15, 0.2) is 35.4 Å². The van der Waals surface area contributed by atoms with E-state index in [0.29, 0.717) is 17.5 Å². The molecule has 0 aliphatic carbocycles. The van der Waals surface area contributed by atoms with Crippen LogP contribution in [-0.2, 0) is 19.0 Å². The van der Waals surface area contributed by atoms with E-state index in [-0.39, 0.29) is 0 Å². The molecule has 0 unspecified atom stereocenters. The fourth-order valence-corrected chi connectivity index (χ4v) is 4.07. The molecule has 2 aliphatic heterocycles. The first-order valence-corrected chi connectivity index (χ1v) is 8.64. The third kappa shape index (κ3) is 3.71. The number of carbonyl (C=O) groups is 2. The molecule has 1 aromatic rings. The summed E-state index contributed by atoms with van der Waals surface area (Å²) in [6.45, 7) is 0. The van der Waals surface area contributed by atoms with E-state index < -0.39 is 41.7 Å². The molecule has 1 aromatic carbocycles. The maximum absolute atomic E-state index is 12.4. The fraction of sp³-hybridized carbons (Fsp3) is 0.400. The Bertz CT molecular complexity index is 793. The number of esters is 2. The molecular formula is C15H13N5O5S. The monoisotopic (exact) mass is 375 g/mol. The van der Waals surface area contributed by atoms with Gasteiger partial charge < -0.3 is 19.7 Å². The maximum Gasteiger partial charge on any atom is 0.414 e. The maximum atomic E-state index is 12.4. The van der Waals surface area contributed by atoms with Gasteiger partial charge >= 0.3 is 18.2 Å². The smallest absolute Gasteiger partial charge is 0.414 e. The van der Waals surface area contributed by atoms with E-state index in [0.717, 1.165) is 0 Å². The molecule has 2 fully saturated rings. The Hall–Kier alpha value is -2.84. The molecule has 3 rings (SSSR count). The van der Waals surface area contributed by atoms with Crippen LogP contribution in [0.25, 0.3) is 16.0 Å². The van der Waals surface area contributed by atoms with Gasteiger partial charge in [-0.1, -0.05) is 23.3 Å². The summed E-state index contributed by atoms with van der Waals surface area (Å²) in [4.78, 5) is 29.4. The van der Waals surface area contributed by atoms with Gasteiger partial charge in [0, 0.05) is 10.7 Å². The van der Waals surface area contributed by atoms with Crippen LogP contribution in [0, 0.1) is 0 Å². The Morgan fingerprint density at radius 2 is 2.00 bits per heavy atom. The van der Waals surface area contributed by atoms with Crippen LogP contribution >= 0.6 is 11.8 Å². The molecular weight excluding hydrogens is 362 g/mol. The third-order valence-electron chi connectivity index (χ3n) is 3.89. The summed E-state index contributed by atoms with van der Waals surface area (Å²) >= 11 is 1.36. The van der Waals surface area contributed by atoms with Crippen molar-refractivity contribution in [1.82, 2.24) is 0 Å². The van der Waals surface area contributed by atoms with Crippen molar-refractivity contribution >= 4 is 29.9 Å². The molecule has 5 atom stereocenters. The average Bonchev–Trinajstić information content (AvgIpc) is 3.08. The summed E-state index contributed by atoms with van der Waals surface area (Å²) < 4.78 is 16.5. The lowest BCUT2D eigenvalue weighted by Crippen LogP contribution is -2.55. The lowest BCUT2D eigenvalue weighted by molar-refractivity contribution is -0.170.